The smallest absolute Gasteiger partial charge is 0.410 e. The van der Waals surface area contributed by atoms with Crippen molar-refractivity contribution < 1.29 is 54.9 Å². The summed E-state index contributed by atoms with van der Waals surface area (Å²) in [6.45, 7) is -4.10. The molecule has 0 saturated carbocycles. The van der Waals surface area contributed by atoms with E-state index < -0.39 is 139 Å². The molecule has 3 aromatic rings. The second-order valence-electron chi connectivity index (χ2n) is 10.7. The molecule has 46 heavy (non-hydrogen) atoms. The van der Waals surface area contributed by atoms with Crippen molar-refractivity contribution in [2.24, 2.45) is 11.5 Å². The Morgan fingerprint density at radius 3 is 1.72 bits per heavy atom. The highest BCUT2D eigenvalue weighted by molar-refractivity contribution is 5.69. The van der Waals surface area contributed by atoms with Gasteiger partial charge in [-0.15, -0.1) is 0 Å². The summed E-state index contributed by atoms with van der Waals surface area (Å²) in [4.78, 5) is 14.5. The van der Waals surface area contributed by atoms with E-state index in [2.05, 4.69) is 0 Å². The van der Waals surface area contributed by atoms with Crippen molar-refractivity contribution in [2.45, 2.75) is 37.6 Å². The third-order valence-electron chi connectivity index (χ3n) is 7.59. The molecule has 16 heteroatoms. The Kier molecular flexibility index (Phi) is 11.1. The molecule has 0 aromatic heterocycles. The van der Waals surface area contributed by atoms with Gasteiger partial charge in [0.05, 0.1) is 24.8 Å². The largest absolute Gasteiger partial charge is 0.445 e. The molecule has 250 valence electrons. The molecule has 1 fully saturated rings. The number of rotatable bonds is 10. The summed E-state index contributed by atoms with van der Waals surface area (Å²) in [6.07, 6.45) is -2.83. The number of hydrogen-bond acceptors (Lipinski definition) is 7. The molecule has 4 rings (SSSR count). The van der Waals surface area contributed by atoms with Crippen molar-refractivity contribution in [1.82, 2.24) is 4.90 Å². The summed E-state index contributed by atoms with van der Waals surface area (Å²) in [7, 11) is 0. The van der Waals surface area contributed by atoms with Gasteiger partial charge in [0.25, 0.3) is 0 Å². The maximum absolute atomic E-state index is 15.6. The van der Waals surface area contributed by atoms with Crippen LogP contribution >= 0.6 is 0 Å². The second-order valence-corrected chi connectivity index (χ2v) is 10.7. The molecule has 1 unspecified atom stereocenters. The van der Waals surface area contributed by atoms with E-state index in [4.69, 9.17) is 26.4 Å². The highest BCUT2D eigenvalue weighted by Gasteiger charge is 2.41. The second kappa shape index (κ2) is 14.6. The summed E-state index contributed by atoms with van der Waals surface area (Å²) in [5.74, 6) is -15.3. The first-order valence-corrected chi connectivity index (χ1v) is 14.0. The van der Waals surface area contributed by atoms with Crippen LogP contribution in [-0.4, -0.2) is 66.1 Å². The summed E-state index contributed by atoms with van der Waals surface area (Å²) in [5, 5.41) is 18.2. The Morgan fingerprint density at radius 2 is 1.24 bits per heavy atom. The molecular weight excluding hydrogens is 632 g/mol. The van der Waals surface area contributed by atoms with E-state index in [0.717, 1.165) is 0 Å². The predicted octanol–water partition coefficient (Wildman–Crippen LogP) is 3.72. The number of anilines is 1. The van der Waals surface area contributed by atoms with E-state index in [1.54, 1.807) is 30.3 Å². The molecule has 1 aliphatic heterocycles. The van der Waals surface area contributed by atoms with Crippen LogP contribution in [0.4, 0.5) is 45.6 Å². The number of benzene rings is 3. The van der Waals surface area contributed by atoms with Crippen molar-refractivity contribution in [1.29, 1.82) is 0 Å². The number of hydrogen-bond donors (Lipinski definition) is 4. The molecule has 8 nitrogen and oxygen atoms in total. The Bertz CT molecular complexity index is 1520. The number of halogens is 8. The molecule has 0 aliphatic carbocycles. The number of amides is 1. The standard InChI is InChI=1S/C30H30F8N4O4/c31-21-17(8-15(39)11-43)22(32)26(36)20(25(21)35)19-10-41(6-7-42(19)30(45)46-13-14-4-2-1-3-5-14)29-27(37)23(33)18(9-16(40)12-44)24(34)28(29)38/h1-5,15-16,19,43-44H,6-13,39-40H2/t15-,16-,19?/m1/s1. The minimum Gasteiger partial charge on any atom is -0.445 e. The van der Waals surface area contributed by atoms with Gasteiger partial charge in [0.1, 0.15) is 12.3 Å². The van der Waals surface area contributed by atoms with E-state index >= 15 is 26.3 Å². The van der Waals surface area contributed by atoms with E-state index in [-0.39, 0.29) is 6.61 Å². The first-order valence-electron chi connectivity index (χ1n) is 14.0. The molecule has 0 spiro atoms. The number of nitrogens with two attached hydrogens (primary N) is 2. The lowest BCUT2D eigenvalue weighted by Crippen LogP contribution is -2.52. The number of carbonyl (C=O) groups is 1. The van der Waals surface area contributed by atoms with Gasteiger partial charge in [-0.3, -0.25) is 4.90 Å². The topological polar surface area (TPSA) is 125 Å². The van der Waals surface area contributed by atoms with Crippen LogP contribution in [0.5, 0.6) is 0 Å². The van der Waals surface area contributed by atoms with Crippen LogP contribution in [0.15, 0.2) is 30.3 Å². The Morgan fingerprint density at radius 1 is 0.761 bits per heavy atom. The average molecular weight is 663 g/mol. The molecule has 1 saturated heterocycles. The Hall–Kier alpha value is -3.99. The van der Waals surface area contributed by atoms with E-state index in [1.165, 1.54) is 0 Å². The summed E-state index contributed by atoms with van der Waals surface area (Å²) in [5.41, 5.74) is 6.54. The van der Waals surface area contributed by atoms with Gasteiger partial charge in [-0.05, 0) is 18.4 Å². The van der Waals surface area contributed by atoms with Gasteiger partial charge in [0.15, 0.2) is 46.5 Å². The van der Waals surface area contributed by atoms with Crippen LogP contribution in [0.3, 0.4) is 0 Å². The number of nitrogens with zero attached hydrogens (tertiary/aromatic N) is 2. The van der Waals surface area contributed by atoms with Crippen LogP contribution in [0, 0.1) is 46.5 Å². The van der Waals surface area contributed by atoms with Gasteiger partial charge in [-0.1, -0.05) is 30.3 Å². The molecule has 0 radical (unpaired) electrons. The number of aliphatic hydroxyl groups excluding tert-OH is 2. The molecule has 1 heterocycles. The molecule has 0 bridgehead atoms. The van der Waals surface area contributed by atoms with E-state index in [1.807, 2.05) is 0 Å². The molecule has 3 atom stereocenters. The highest BCUT2D eigenvalue weighted by atomic mass is 19.2. The molecule has 3 aromatic carbocycles. The van der Waals surface area contributed by atoms with Crippen LogP contribution < -0.4 is 16.4 Å². The third kappa shape index (κ3) is 6.89. The number of ether oxygens (including phenoxy) is 1. The summed E-state index contributed by atoms with van der Waals surface area (Å²) in [6, 6.07) is 3.52. The number of piperazine rings is 1. The maximum atomic E-state index is 15.6. The zero-order valence-electron chi connectivity index (χ0n) is 24.1. The van der Waals surface area contributed by atoms with Crippen LogP contribution in [0.25, 0.3) is 0 Å². The normalized spacial score (nSPS) is 16.5. The van der Waals surface area contributed by atoms with Crippen molar-refractivity contribution in [3.05, 3.63) is 99.1 Å². The van der Waals surface area contributed by atoms with Crippen molar-refractivity contribution in [3.8, 4) is 0 Å². The minimum absolute atomic E-state index is 0.338. The SMILES string of the molecule is N[C@@H](CO)Cc1c(F)c(F)c(C2CN(c3c(F)c(F)c(C[C@@H](N)CO)c(F)c3F)CCN2C(=O)OCc2ccccc2)c(F)c1F. The Labute approximate surface area is 257 Å². The number of carbonyl (C=O) groups excluding carboxylic acids is 1. The molecule has 6 N–H and O–H groups in total. The van der Waals surface area contributed by atoms with Gasteiger partial charge >= 0.3 is 6.09 Å². The molecule has 1 aliphatic rings. The fourth-order valence-electron chi connectivity index (χ4n) is 5.20. The average Bonchev–Trinajstić information content (AvgIpc) is 3.06. The van der Waals surface area contributed by atoms with Gasteiger partial charge < -0.3 is 31.3 Å². The van der Waals surface area contributed by atoms with Crippen LogP contribution in [0.2, 0.25) is 0 Å². The quantitative estimate of drug-likeness (QED) is 0.193. The zero-order chi connectivity index (χ0) is 33.9. The van der Waals surface area contributed by atoms with Gasteiger partial charge in [-0.2, -0.15) is 0 Å². The van der Waals surface area contributed by atoms with Crippen molar-refractivity contribution in [2.75, 3.05) is 37.7 Å². The van der Waals surface area contributed by atoms with Crippen LogP contribution in [0.1, 0.15) is 28.3 Å². The lowest BCUT2D eigenvalue weighted by molar-refractivity contribution is 0.0738. The lowest BCUT2D eigenvalue weighted by atomic mass is 9.95. The summed E-state index contributed by atoms with van der Waals surface area (Å²) < 4.78 is 127. The Balaban J connectivity index is 1.79. The van der Waals surface area contributed by atoms with Gasteiger partial charge in [-0.25, -0.2) is 39.9 Å². The highest BCUT2D eigenvalue weighted by Crippen LogP contribution is 2.39. The lowest BCUT2D eigenvalue weighted by Gasteiger charge is -2.42. The summed E-state index contributed by atoms with van der Waals surface area (Å²) >= 11 is 0. The van der Waals surface area contributed by atoms with E-state index in [0.29, 0.717) is 15.4 Å². The van der Waals surface area contributed by atoms with Crippen molar-refractivity contribution >= 4 is 11.8 Å². The predicted molar refractivity (Wildman–Crippen MR) is 148 cm³/mol. The monoisotopic (exact) mass is 662 g/mol. The number of aliphatic hydroxyl groups is 2. The van der Waals surface area contributed by atoms with Crippen molar-refractivity contribution in [3.63, 3.8) is 0 Å². The first kappa shape index (κ1) is 34.9. The maximum Gasteiger partial charge on any atom is 0.410 e. The minimum atomic E-state index is -2.05. The molecular formula is C30H30F8N4O4. The van der Waals surface area contributed by atoms with Gasteiger partial charge in [0.2, 0.25) is 0 Å². The van der Waals surface area contributed by atoms with E-state index in [9.17, 15) is 13.6 Å². The molecule has 1 amide bonds. The fraction of sp³-hybridized carbons (Fsp3) is 0.367. The van der Waals surface area contributed by atoms with Gasteiger partial charge in [0, 0.05) is 42.8 Å². The zero-order valence-corrected chi connectivity index (χ0v) is 24.1. The first-order chi connectivity index (χ1) is 21.8. The van der Waals surface area contributed by atoms with Crippen LogP contribution in [-0.2, 0) is 24.2 Å². The third-order valence-corrected chi connectivity index (χ3v) is 7.59. The fourth-order valence-corrected chi connectivity index (χ4v) is 5.20.